The second-order valence-electron chi connectivity index (χ2n) is 6.17. The van der Waals surface area contributed by atoms with Crippen molar-refractivity contribution in [3.8, 4) is 5.75 Å². The number of hydrogen-bond acceptors (Lipinski definition) is 3. The summed E-state index contributed by atoms with van der Waals surface area (Å²) in [5, 5.41) is 10.3. The zero-order chi connectivity index (χ0) is 14.8. The largest absolute Gasteiger partial charge is 0.496 e. The van der Waals surface area contributed by atoms with Gasteiger partial charge in [-0.05, 0) is 23.6 Å². The standard InChI is InChI=1S/C16H24O3/c1-10(2)11-7-8-13(19-6)12(9-11)14(17)15(18)16(3,4)5/h7-10,14,17H,1-6H3. The minimum absolute atomic E-state index is 0.202. The number of ether oxygens (including phenoxy) is 1. The molecule has 3 nitrogen and oxygen atoms in total. The number of carbonyl (C=O) groups is 1. The van der Waals surface area contributed by atoms with E-state index in [0.717, 1.165) is 5.56 Å². The van der Waals surface area contributed by atoms with Crippen molar-refractivity contribution in [2.75, 3.05) is 7.11 Å². The van der Waals surface area contributed by atoms with Gasteiger partial charge >= 0.3 is 0 Å². The van der Waals surface area contributed by atoms with Gasteiger partial charge in [-0.3, -0.25) is 4.79 Å². The average molecular weight is 264 g/mol. The highest BCUT2D eigenvalue weighted by molar-refractivity contribution is 5.89. The molecule has 1 rings (SSSR count). The minimum Gasteiger partial charge on any atom is -0.496 e. The molecule has 0 fully saturated rings. The summed E-state index contributed by atoms with van der Waals surface area (Å²) < 4.78 is 5.25. The topological polar surface area (TPSA) is 46.5 Å². The van der Waals surface area contributed by atoms with Crippen molar-refractivity contribution in [1.82, 2.24) is 0 Å². The molecule has 0 aliphatic rings. The summed E-state index contributed by atoms with van der Waals surface area (Å²) in [7, 11) is 1.54. The molecule has 1 unspecified atom stereocenters. The van der Waals surface area contributed by atoms with Crippen LogP contribution in [-0.4, -0.2) is 18.0 Å². The third kappa shape index (κ3) is 3.57. The number of methoxy groups -OCH3 is 1. The molecule has 1 aromatic rings. The Morgan fingerprint density at radius 1 is 1.26 bits per heavy atom. The Morgan fingerprint density at radius 2 is 1.84 bits per heavy atom. The van der Waals surface area contributed by atoms with Gasteiger partial charge in [-0.25, -0.2) is 0 Å². The number of benzene rings is 1. The van der Waals surface area contributed by atoms with Gasteiger partial charge in [0.25, 0.3) is 0 Å². The quantitative estimate of drug-likeness (QED) is 0.905. The van der Waals surface area contributed by atoms with Crippen LogP contribution in [0.4, 0.5) is 0 Å². The van der Waals surface area contributed by atoms with E-state index in [0.29, 0.717) is 17.2 Å². The van der Waals surface area contributed by atoms with E-state index in [9.17, 15) is 9.90 Å². The third-order valence-corrected chi connectivity index (χ3v) is 3.20. The van der Waals surface area contributed by atoms with Crippen LogP contribution in [0.5, 0.6) is 5.75 Å². The van der Waals surface area contributed by atoms with E-state index in [1.54, 1.807) is 27.9 Å². The van der Waals surface area contributed by atoms with Crippen molar-refractivity contribution >= 4 is 5.78 Å². The smallest absolute Gasteiger partial charge is 0.171 e. The molecule has 0 aromatic heterocycles. The van der Waals surface area contributed by atoms with Crippen LogP contribution in [0.3, 0.4) is 0 Å². The molecule has 1 N–H and O–H groups in total. The maximum Gasteiger partial charge on any atom is 0.171 e. The van der Waals surface area contributed by atoms with Crippen LogP contribution >= 0.6 is 0 Å². The normalized spacial score (nSPS) is 13.5. The summed E-state index contributed by atoms with van der Waals surface area (Å²) in [6.07, 6.45) is -1.14. The Balaban J connectivity index is 3.23. The summed E-state index contributed by atoms with van der Waals surface area (Å²) in [5.41, 5.74) is 1.04. The summed E-state index contributed by atoms with van der Waals surface area (Å²) in [4.78, 5) is 12.2. The van der Waals surface area contributed by atoms with Gasteiger partial charge in [0, 0.05) is 11.0 Å². The number of rotatable bonds is 4. The van der Waals surface area contributed by atoms with Crippen molar-refractivity contribution in [1.29, 1.82) is 0 Å². The summed E-state index contributed by atoms with van der Waals surface area (Å²) in [5.74, 6) is 0.683. The maximum atomic E-state index is 12.2. The fourth-order valence-corrected chi connectivity index (χ4v) is 1.88. The van der Waals surface area contributed by atoms with Crippen molar-refractivity contribution in [2.24, 2.45) is 5.41 Å². The molecular formula is C16H24O3. The SMILES string of the molecule is COc1ccc(C(C)C)cc1C(O)C(=O)C(C)(C)C. The van der Waals surface area contributed by atoms with Gasteiger partial charge in [-0.1, -0.05) is 40.7 Å². The zero-order valence-electron chi connectivity index (χ0n) is 12.7. The Kier molecular flexibility index (Phi) is 4.75. The predicted molar refractivity (Wildman–Crippen MR) is 76.5 cm³/mol. The Labute approximate surface area is 115 Å². The molecule has 0 saturated heterocycles. The molecule has 0 aliphatic carbocycles. The van der Waals surface area contributed by atoms with Crippen molar-refractivity contribution in [2.45, 2.75) is 46.6 Å². The molecule has 0 amide bonds. The van der Waals surface area contributed by atoms with Gasteiger partial charge in [-0.15, -0.1) is 0 Å². The van der Waals surface area contributed by atoms with Crippen LogP contribution < -0.4 is 4.74 Å². The number of ketones is 1. The van der Waals surface area contributed by atoms with E-state index < -0.39 is 11.5 Å². The van der Waals surface area contributed by atoms with Crippen LogP contribution in [0, 0.1) is 5.41 Å². The Hall–Kier alpha value is -1.35. The van der Waals surface area contributed by atoms with Crippen LogP contribution in [0.25, 0.3) is 0 Å². The molecule has 0 heterocycles. The lowest BCUT2D eigenvalue weighted by Crippen LogP contribution is -2.27. The van der Waals surface area contributed by atoms with E-state index in [1.165, 1.54) is 0 Å². The summed E-state index contributed by atoms with van der Waals surface area (Å²) in [6, 6.07) is 5.63. The van der Waals surface area contributed by atoms with Crippen LogP contribution in [0.1, 0.15) is 57.8 Å². The lowest BCUT2D eigenvalue weighted by atomic mass is 9.84. The first kappa shape index (κ1) is 15.7. The molecule has 1 atom stereocenters. The predicted octanol–water partition coefficient (Wildman–Crippen LogP) is 3.47. The molecule has 1 aromatic carbocycles. The van der Waals surface area contributed by atoms with Gasteiger partial charge < -0.3 is 9.84 Å². The fraction of sp³-hybridized carbons (Fsp3) is 0.562. The highest BCUT2D eigenvalue weighted by Gasteiger charge is 2.31. The third-order valence-electron chi connectivity index (χ3n) is 3.20. The summed E-state index contributed by atoms with van der Waals surface area (Å²) >= 11 is 0. The first-order valence-corrected chi connectivity index (χ1v) is 6.58. The van der Waals surface area contributed by atoms with Gasteiger partial charge in [0.15, 0.2) is 5.78 Å². The molecule has 0 saturated carbocycles. The Morgan fingerprint density at radius 3 is 2.26 bits per heavy atom. The second-order valence-corrected chi connectivity index (χ2v) is 6.17. The zero-order valence-corrected chi connectivity index (χ0v) is 12.7. The second kappa shape index (κ2) is 5.74. The van der Waals surface area contributed by atoms with Crippen LogP contribution in [-0.2, 0) is 4.79 Å². The molecule has 0 aliphatic heterocycles. The highest BCUT2D eigenvalue weighted by Crippen LogP contribution is 2.33. The minimum atomic E-state index is -1.14. The van der Waals surface area contributed by atoms with Crippen molar-refractivity contribution in [3.63, 3.8) is 0 Å². The molecule has 3 heteroatoms. The van der Waals surface area contributed by atoms with E-state index in [-0.39, 0.29) is 5.78 Å². The number of Topliss-reactive ketones (excluding diaryl/α,β-unsaturated/α-hetero) is 1. The van der Waals surface area contributed by atoms with Gasteiger partial charge in [0.05, 0.1) is 7.11 Å². The molecule has 0 radical (unpaired) electrons. The number of hydrogen-bond donors (Lipinski definition) is 1. The van der Waals surface area contributed by atoms with E-state index in [4.69, 9.17) is 4.74 Å². The van der Waals surface area contributed by atoms with Gasteiger partial charge in [0.2, 0.25) is 0 Å². The molecule has 0 bridgehead atoms. The lowest BCUT2D eigenvalue weighted by molar-refractivity contribution is -0.135. The van der Waals surface area contributed by atoms with Gasteiger partial charge in [0.1, 0.15) is 11.9 Å². The van der Waals surface area contributed by atoms with E-state index in [1.807, 2.05) is 18.2 Å². The average Bonchev–Trinajstić information content (AvgIpc) is 2.34. The maximum absolute atomic E-state index is 12.2. The molecule has 0 spiro atoms. The highest BCUT2D eigenvalue weighted by atomic mass is 16.5. The molecule has 106 valence electrons. The number of aliphatic hydroxyl groups is 1. The first-order chi connectivity index (χ1) is 8.68. The van der Waals surface area contributed by atoms with E-state index >= 15 is 0 Å². The van der Waals surface area contributed by atoms with Crippen molar-refractivity contribution in [3.05, 3.63) is 29.3 Å². The van der Waals surface area contributed by atoms with Crippen molar-refractivity contribution < 1.29 is 14.6 Å². The number of aliphatic hydroxyl groups excluding tert-OH is 1. The number of carbonyl (C=O) groups excluding carboxylic acids is 1. The first-order valence-electron chi connectivity index (χ1n) is 6.58. The van der Waals surface area contributed by atoms with Crippen LogP contribution in [0.15, 0.2) is 18.2 Å². The fourth-order valence-electron chi connectivity index (χ4n) is 1.88. The summed E-state index contributed by atoms with van der Waals surface area (Å²) in [6.45, 7) is 9.55. The van der Waals surface area contributed by atoms with Crippen LogP contribution in [0.2, 0.25) is 0 Å². The Bertz CT molecular complexity index is 456. The van der Waals surface area contributed by atoms with Gasteiger partial charge in [-0.2, -0.15) is 0 Å². The monoisotopic (exact) mass is 264 g/mol. The molecular weight excluding hydrogens is 240 g/mol. The molecule has 19 heavy (non-hydrogen) atoms. The van der Waals surface area contributed by atoms with E-state index in [2.05, 4.69) is 13.8 Å². The lowest BCUT2D eigenvalue weighted by Gasteiger charge is -2.23.